The molecule has 1 aliphatic heterocycles. The number of halogens is 2. The van der Waals surface area contributed by atoms with E-state index in [4.69, 9.17) is 16.3 Å². The second-order valence-electron chi connectivity index (χ2n) is 7.72. The van der Waals surface area contributed by atoms with E-state index in [0.29, 0.717) is 6.67 Å². The first-order chi connectivity index (χ1) is 12.9. The Bertz CT molecular complexity index is 749. The lowest BCUT2D eigenvalue weighted by atomic mass is 9.44. The van der Waals surface area contributed by atoms with Crippen molar-refractivity contribution in [2.45, 2.75) is 42.8 Å². The van der Waals surface area contributed by atoms with Crippen LogP contribution in [-0.2, 0) is 9.59 Å². The van der Waals surface area contributed by atoms with Crippen LogP contribution >= 0.6 is 11.6 Å². The number of hydrogen-bond acceptors (Lipinski definition) is 5. The summed E-state index contributed by atoms with van der Waals surface area (Å²) in [5, 5.41) is 12.4. The molecule has 2 amide bonds. The van der Waals surface area contributed by atoms with Gasteiger partial charge < -0.3 is 20.7 Å². The van der Waals surface area contributed by atoms with Crippen LogP contribution in [0.5, 0.6) is 5.75 Å². The van der Waals surface area contributed by atoms with Gasteiger partial charge in [0.05, 0.1) is 11.1 Å². The number of ether oxygens (including phenoxy) is 1. The molecule has 5 rings (SSSR count). The molecule has 4 N–H and O–H groups in total. The number of benzene rings is 1. The van der Waals surface area contributed by atoms with Crippen molar-refractivity contribution in [3.63, 3.8) is 0 Å². The van der Waals surface area contributed by atoms with Crippen molar-refractivity contribution < 1.29 is 18.7 Å². The van der Waals surface area contributed by atoms with Crippen molar-refractivity contribution in [1.29, 1.82) is 0 Å². The average molecular weight is 397 g/mol. The molecular formula is C18H22ClFN4O3. The molecule has 0 aromatic heterocycles. The standard InChI is InChI=1S/C18H22ClFN4O3/c19-12-2-1-11(5-13(12)20)27-6-15(25)23-17-7-18(8-17,9-17)24-16(26)14-3-4-21-10-22-14/h1-2,5,14,21-22H,3-4,6-10H2,(H,23,25)(H,24,26). The first-order valence-electron chi connectivity index (χ1n) is 9.04. The molecule has 4 aliphatic rings. The Morgan fingerprint density at radius 2 is 2.00 bits per heavy atom. The maximum Gasteiger partial charge on any atom is 0.258 e. The molecule has 146 valence electrons. The first kappa shape index (κ1) is 18.5. The van der Waals surface area contributed by atoms with Gasteiger partial charge in [-0.3, -0.25) is 14.9 Å². The van der Waals surface area contributed by atoms with Crippen molar-refractivity contribution in [3.05, 3.63) is 29.0 Å². The lowest BCUT2D eigenvalue weighted by Gasteiger charge is -2.70. The SMILES string of the molecule is O=C(COc1ccc(Cl)c(F)c1)NC12CC(NC(=O)C3CCNCN3)(C1)C2. The molecule has 3 saturated carbocycles. The van der Waals surface area contributed by atoms with Gasteiger partial charge in [0.2, 0.25) is 5.91 Å². The van der Waals surface area contributed by atoms with E-state index < -0.39 is 5.82 Å². The predicted molar refractivity (Wildman–Crippen MR) is 96.9 cm³/mol. The predicted octanol–water partition coefficient (Wildman–Crippen LogP) is 0.674. The Kier molecular flexibility index (Phi) is 4.73. The van der Waals surface area contributed by atoms with Gasteiger partial charge in [0.15, 0.2) is 6.61 Å². The molecule has 1 aromatic carbocycles. The van der Waals surface area contributed by atoms with E-state index in [1.54, 1.807) is 0 Å². The highest BCUT2D eigenvalue weighted by Crippen LogP contribution is 2.60. The number of carbonyl (C=O) groups is 2. The third kappa shape index (κ3) is 3.74. The zero-order valence-electron chi connectivity index (χ0n) is 14.7. The summed E-state index contributed by atoms with van der Waals surface area (Å²) in [5.74, 6) is -0.563. The van der Waals surface area contributed by atoms with Crippen molar-refractivity contribution in [3.8, 4) is 5.75 Å². The van der Waals surface area contributed by atoms with Crippen molar-refractivity contribution in [2.24, 2.45) is 0 Å². The second-order valence-corrected chi connectivity index (χ2v) is 8.12. The lowest BCUT2D eigenvalue weighted by Crippen LogP contribution is -2.84. The molecule has 7 nitrogen and oxygen atoms in total. The largest absolute Gasteiger partial charge is 0.484 e. The van der Waals surface area contributed by atoms with E-state index in [9.17, 15) is 14.0 Å². The van der Waals surface area contributed by atoms with E-state index in [0.717, 1.165) is 38.3 Å². The fraction of sp³-hybridized carbons (Fsp3) is 0.556. The first-order valence-corrected chi connectivity index (χ1v) is 9.42. The zero-order valence-corrected chi connectivity index (χ0v) is 15.5. The minimum absolute atomic E-state index is 0.00713. The fourth-order valence-electron chi connectivity index (χ4n) is 4.30. The number of amides is 2. The van der Waals surface area contributed by atoms with E-state index in [-0.39, 0.29) is 46.3 Å². The molecule has 1 aromatic rings. The molecule has 9 heteroatoms. The summed E-state index contributed by atoms with van der Waals surface area (Å²) >= 11 is 5.61. The molecule has 2 bridgehead atoms. The van der Waals surface area contributed by atoms with Gasteiger partial charge in [0.1, 0.15) is 11.6 Å². The lowest BCUT2D eigenvalue weighted by molar-refractivity contribution is -0.151. The molecule has 3 aliphatic carbocycles. The van der Waals surface area contributed by atoms with Crippen LogP contribution in [0.15, 0.2) is 18.2 Å². The van der Waals surface area contributed by atoms with Crippen LogP contribution in [0.1, 0.15) is 25.7 Å². The summed E-state index contributed by atoms with van der Waals surface area (Å²) in [6.07, 6.45) is 2.97. The normalized spacial score (nSPS) is 31.3. The average Bonchev–Trinajstić information content (AvgIpc) is 2.60. The summed E-state index contributed by atoms with van der Waals surface area (Å²) in [6, 6.07) is 3.89. The van der Waals surface area contributed by atoms with Crippen LogP contribution < -0.4 is 26.0 Å². The van der Waals surface area contributed by atoms with Gasteiger partial charge in [-0.05, 0) is 44.4 Å². The summed E-state index contributed by atoms with van der Waals surface area (Å²) in [6.45, 7) is 1.28. The summed E-state index contributed by atoms with van der Waals surface area (Å²) in [4.78, 5) is 24.4. The Balaban J connectivity index is 1.20. The fourth-order valence-corrected chi connectivity index (χ4v) is 4.42. The van der Waals surface area contributed by atoms with E-state index in [1.807, 2.05) is 0 Å². The van der Waals surface area contributed by atoms with Crippen LogP contribution in [0.3, 0.4) is 0 Å². The maximum absolute atomic E-state index is 13.4. The monoisotopic (exact) mass is 396 g/mol. The summed E-state index contributed by atoms with van der Waals surface area (Å²) < 4.78 is 18.7. The van der Waals surface area contributed by atoms with Crippen LogP contribution in [0.4, 0.5) is 4.39 Å². The van der Waals surface area contributed by atoms with Gasteiger partial charge >= 0.3 is 0 Å². The van der Waals surface area contributed by atoms with Crippen LogP contribution in [-0.4, -0.2) is 48.8 Å². The highest BCUT2D eigenvalue weighted by molar-refractivity contribution is 6.30. The highest BCUT2D eigenvalue weighted by Gasteiger charge is 2.69. The minimum atomic E-state index is -0.588. The molecule has 0 radical (unpaired) electrons. The number of nitrogens with one attached hydrogen (secondary N) is 4. The Hall–Kier alpha value is -1.90. The smallest absolute Gasteiger partial charge is 0.258 e. The molecule has 0 spiro atoms. The van der Waals surface area contributed by atoms with E-state index in [1.165, 1.54) is 12.1 Å². The maximum atomic E-state index is 13.4. The van der Waals surface area contributed by atoms with E-state index >= 15 is 0 Å². The molecule has 1 unspecified atom stereocenters. The third-order valence-electron chi connectivity index (χ3n) is 5.48. The van der Waals surface area contributed by atoms with Crippen LogP contribution in [0.2, 0.25) is 5.02 Å². The molecule has 27 heavy (non-hydrogen) atoms. The minimum Gasteiger partial charge on any atom is -0.484 e. The number of hydrogen-bond donors (Lipinski definition) is 4. The van der Waals surface area contributed by atoms with Gasteiger partial charge in [-0.15, -0.1) is 0 Å². The molecule has 1 saturated heterocycles. The highest BCUT2D eigenvalue weighted by atomic mass is 35.5. The topological polar surface area (TPSA) is 91.5 Å². The second kappa shape index (κ2) is 6.92. The Morgan fingerprint density at radius 1 is 1.26 bits per heavy atom. The van der Waals surface area contributed by atoms with Gasteiger partial charge in [-0.2, -0.15) is 0 Å². The van der Waals surface area contributed by atoms with Crippen molar-refractivity contribution in [1.82, 2.24) is 21.3 Å². The van der Waals surface area contributed by atoms with Gasteiger partial charge in [0, 0.05) is 23.8 Å². The van der Waals surface area contributed by atoms with Crippen molar-refractivity contribution in [2.75, 3.05) is 19.8 Å². The van der Waals surface area contributed by atoms with Gasteiger partial charge in [-0.25, -0.2) is 4.39 Å². The summed E-state index contributed by atoms with van der Waals surface area (Å²) in [7, 11) is 0. The quantitative estimate of drug-likeness (QED) is 0.567. The van der Waals surface area contributed by atoms with Crippen molar-refractivity contribution >= 4 is 23.4 Å². The van der Waals surface area contributed by atoms with Crippen LogP contribution in [0, 0.1) is 5.82 Å². The molecule has 1 heterocycles. The summed E-state index contributed by atoms with van der Waals surface area (Å²) in [5.41, 5.74) is -0.433. The van der Waals surface area contributed by atoms with E-state index in [2.05, 4.69) is 21.3 Å². The molecule has 4 fully saturated rings. The third-order valence-corrected chi connectivity index (χ3v) is 5.79. The van der Waals surface area contributed by atoms with Crippen LogP contribution in [0.25, 0.3) is 0 Å². The Morgan fingerprint density at radius 3 is 2.67 bits per heavy atom. The van der Waals surface area contributed by atoms with Gasteiger partial charge in [-0.1, -0.05) is 11.6 Å². The van der Waals surface area contributed by atoms with Gasteiger partial charge in [0.25, 0.3) is 5.91 Å². The Labute approximate surface area is 161 Å². The molecular weight excluding hydrogens is 375 g/mol. The molecule has 1 atom stereocenters. The number of carbonyl (C=O) groups excluding carboxylic acids is 2. The number of rotatable bonds is 6. The zero-order chi connectivity index (χ0) is 19.1.